The highest BCUT2D eigenvalue weighted by molar-refractivity contribution is 6.10. The van der Waals surface area contributed by atoms with Crippen molar-refractivity contribution in [3.8, 4) is 67.5 Å². The first-order chi connectivity index (χ1) is 30.7. The summed E-state index contributed by atoms with van der Waals surface area (Å²) in [4.78, 5) is 10.6. The molecule has 0 spiro atoms. The Morgan fingerprint density at radius 3 is 1.21 bits per heavy atom. The molecule has 62 heavy (non-hydrogen) atoms. The molecular weight excluding hydrogens is 753 g/mol. The lowest BCUT2D eigenvalue weighted by Crippen LogP contribution is -1.98. The summed E-state index contributed by atoms with van der Waals surface area (Å²) in [6.45, 7) is 0. The van der Waals surface area contributed by atoms with Gasteiger partial charge in [-0.3, -0.25) is 0 Å². The SMILES string of the molecule is c1ccc(-c2cccc(-c3ccc(-c4nc(-c5ccc(-n6c7ccccc7c7ccccc76)cc5)cc(-c5cccc(-n6c7ccccc7c7ccccc76)c5)n4)cc3)c2)cc1. The molecule has 0 saturated heterocycles. The molecule has 0 radical (unpaired) electrons. The van der Waals surface area contributed by atoms with Crippen molar-refractivity contribution in [1.82, 2.24) is 19.1 Å². The van der Waals surface area contributed by atoms with Crippen molar-refractivity contribution in [1.29, 1.82) is 0 Å². The van der Waals surface area contributed by atoms with E-state index in [1.54, 1.807) is 0 Å². The number of rotatable bonds is 7. The topological polar surface area (TPSA) is 35.6 Å². The quantitative estimate of drug-likeness (QED) is 0.161. The number of hydrogen-bond donors (Lipinski definition) is 0. The number of hydrogen-bond acceptors (Lipinski definition) is 2. The van der Waals surface area contributed by atoms with Crippen molar-refractivity contribution in [2.24, 2.45) is 0 Å². The number of aromatic nitrogens is 4. The fraction of sp³-hybridized carbons (Fsp3) is 0. The third-order valence-corrected chi connectivity index (χ3v) is 12.2. The van der Waals surface area contributed by atoms with Crippen LogP contribution in [-0.2, 0) is 0 Å². The minimum Gasteiger partial charge on any atom is -0.309 e. The van der Waals surface area contributed by atoms with Gasteiger partial charge < -0.3 is 9.13 Å². The average molecular weight is 791 g/mol. The van der Waals surface area contributed by atoms with Crippen molar-refractivity contribution < 1.29 is 0 Å². The van der Waals surface area contributed by atoms with Crippen molar-refractivity contribution in [2.75, 3.05) is 0 Å². The third kappa shape index (κ3) is 6.08. The van der Waals surface area contributed by atoms with E-state index >= 15 is 0 Å². The summed E-state index contributed by atoms with van der Waals surface area (Å²) in [5.74, 6) is 0.677. The molecule has 0 N–H and O–H groups in total. The van der Waals surface area contributed by atoms with E-state index in [9.17, 15) is 0 Å². The molecule has 0 atom stereocenters. The average Bonchev–Trinajstić information content (AvgIpc) is 3.87. The van der Waals surface area contributed by atoms with Gasteiger partial charge in [-0.05, 0) is 82.9 Å². The van der Waals surface area contributed by atoms with Gasteiger partial charge in [0.05, 0.1) is 33.5 Å². The van der Waals surface area contributed by atoms with Crippen molar-refractivity contribution >= 4 is 43.6 Å². The van der Waals surface area contributed by atoms with Gasteiger partial charge in [0.15, 0.2) is 5.82 Å². The maximum absolute atomic E-state index is 5.30. The molecule has 4 nitrogen and oxygen atoms in total. The lowest BCUT2D eigenvalue weighted by molar-refractivity contribution is 1.16. The molecule has 12 rings (SSSR count). The van der Waals surface area contributed by atoms with Crippen molar-refractivity contribution in [3.05, 3.63) is 231 Å². The molecule has 0 aliphatic rings. The molecule has 3 heterocycles. The van der Waals surface area contributed by atoms with Gasteiger partial charge in [0.25, 0.3) is 0 Å². The second-order valence-corrected chi connectivity index (χ2v) is 15.8. The van der Waals surface area contributed by atoms with Crippen molar-refractivity contribution in [2.45, 2.75) is 0 Å². The van der Waals surface area contributed by atoms with E-state index in [4.69, 9.17) is 9.97 Å². The maximum Gasteiger partial charge on any atom is 0.160 e. The van der Waals surface area contributed by atoms with Gasteiger partial charge in [0.2, 0.25) is 0 Å². The Morgan fingerprint density at radius 1 is 0.242 bits per heavy atom. The van der Waals surface area contributed by atoms with Gasteiger partial charge in [-0.15, -0.1) is 0 Å². The third-order valence-electron chi connectivity index (χ3n) is 12.2. The van der Waals surface area contributed by atoms with E-state index in [0.29, 0.717) is 5.82 Å². The molecule has 0 aliphatic heterocycles. The van der Waals surface area contributed by atoms with E-state index < -0.39 is 0 Å². The van der Waals surface area contributed by atoms with Crippen LogP contribution < -0.4 is 0 Å². The zero-order valence-corrected chi connectivity index (χ0v) is 33.7. The number of benzene rings is 9. The minimum atomic E-state index is 0.677. The Labute approximate surface area is 359 Å². The van der Waals surface area contributed by atoms with Crippen LogP contribution in [0.1, 0.15) is 0 Å². The first-order valence-electron chi connectivity index (χ1n) is 21.1. The van der Waals surface area contributed by atoms with E-state index in [1.165, 1.54) is 60.3 Å². The molecule has 0 unspecified atom stereocenters. The van der Waals surface area contributed by atoms with Crippen LogP contribution in [0.2, 0.25) is 0 Å². The lowest BCUT2D eigenvalue weighted by atomic mass is 9.98. The van der Waals surface area contributed by atoms with E-state index in [-0.39, 0.29) is 0 Å². The van der Waals surface area contributed by atoms with Crippen LogP contribution in [0.25, 0.3) is 111 Å². The zero-order valence-electron chi connectivity index (χ0n) is 33.7. The second-order valence-electron chi connectivity index (χ2n) is 15.8. The van der Waals surface area contributed by atoms with Crippen LogP contribution in [0, 0.1) is 0 Å². The minimum absolute atomic E-state index is 0.677. The highest BCUT2D eigenvalue weighted by Crippen LogP contribution is 2.36. The smallest absolute Gasteiger partial charge is 0.160 e. The molecule has 0 bridgehead atoms. The highest BCUT2D eigenvalue weighted by Gasteiger charge is 2.16. The molecule has 0 aliphatic carbocycles. The first-order valence-corrected chi connectivity index (χ1v) is 21.1. The molecule has 290 valence electrons. The summed E-state index contributed by atoms with van der Waals surface area (Å²) in [6, 6.07) is 82.1. The normalized spacial score (nSPS) is 11.5. The van der Waals surface area contributed by atoms with Crippen LogP contribution in [0.15, 0.2) is 231 Å². The van der Waals surface area contributed by atoms with Crippen LogP contribution in [0.4, 0.5) is 0 Å². The Kier molecular flexibility index (Phi) is 8.46. The summed E-state index contributed by atoms with van der Waals surface area (Å²) >= 11 is 0. The molecule has 0 saturated carbocycles. The largest absolute Gasteiger partial charge is 0.309 e. The maximum atomic E-state index is 5.30. The van der Waals surface area contributed by atoms with Crippen LogP contribution in [-0.4, -0.2) is 19.1 Å². The van der Waals surface area contributed by atoms with Crippen molar-refractivity contribution in [3.63, 3.8) is 0 Å². The predicted molar refractivity (Wildman–Crippen MR) is 258 cm³/mol. The van der Waals surface area contributed by atoms with E-state index in [1.807, 2.05) is 0 Å². The molecule has 0 fully saturated rings. The Hall–Kier alpha value is -8.34. The number of para-hydroxylation sites is 4. The lowest BCUT2D eigenvalue weighted by Gasteiger charge is -2.13. The van der Waals surface area contributed by atoms with E-state index in [0.717, 1.165) is 45.0 Å². The molecule has 9 aromatic carbocycles. The standard InChI is InChI=1S/C58H38N4/c1-2-14-39(15-3-1)43-16-12-17-44(36-43)40-28-30-42(31-29-40)58-59-52(41-32-34-46(35-33-41)61-54-24-8-4-20-48(54)49-21-5-9-25-55(49)61)38-53(60-58)45-18-13-19-47(37-45)62-56-26-10-6-22-50(56)51-23-7-11-27-57(51)62/h1-38H. The summed E-state index contributed by atoms with van der Waals surface area (Å²) < 4.78 is 4.71. The van der Waals surface area contributed by atoms with Gasteiger partial charge >= 0.3 is 0 Å². The van der Waals surface area contributed by atoms with E-state index in [2.05, 4.69) is 240 Å². The summed E-state index contributed by atoms with van der Waals surface area (Å²) in [5, 5.41) is 4.96. The number of fused-ring (bicyclic) bond motifs is 6. The highest BCUT2D eigenvalue weighted by atomic mass is 15.0. The first kappa shape index (κ1) is 35.6. The van der Waals surface area contributed by atoms with Gasteiger partial charge in [0.1, 0.15) is 0 Å². The summed E-state index contributed by atoms with van der Waals surface area (Å²) in [7, 11) is 0. The monoisotopic (exact) mass is 790 g/mol. The Balaban J connectivity index is 0.976. The van der Waals surface area contributed by atoms with Crippen LogP contribution in [0.3, 0.4) is 0 Å². The van der Waals surface area contributed by atoms with Gasteiger partial charge in [0, 0.05) is 49.6 Å². The van der Waals surface area contributed by atoms with Crippen LogP contribution >= 0.6 is 0 Å². The van der Waals surface area contributed by atoms with Gasteiger partial charge in [-0.1, -0.05) is 170 Å². The second kappa shape index (κ2) is 14.7. The molecular formula is C58H38N4. The molecule has 12 aromatic rings. The van der Waals surface area contributed by atoms with Crippen LogP contribution in [0.5, 0.6) is 0 Å². The summed E-state index contributed by atoms with van der Waals surface area (Å²) in [5.41, 5.74) is 16.3. The summed E-state index contributed by atoms with van der Waals surface area (Å²) in [6.07, 6.45) is 0. The zero-order chi connectivity index (χ0) is 41.0. The number of nitrogens with zero attached hydrogens (tertiary/aromatic N) is 4. The Bertz CT molecular complexity index is 3510. The molecule has 3 aromatic heterocycles. The fourth-order valence-corrected chi connectivity index (χ4v) is 9.18. The Morgan fingerprint density at radius 2 is 0.645 bits per heavy atom. The van der Waals surface area contributed by atoms with Gasteiger partial charge in [-0.2, -0.15) is 0 Å². The molecule has 0 amide bonds. The predicted octanol–water partition coefficient (Wildman–Crippen LogP) is 15.0. The molecule has 4 heteroatoms. The van der Waals surface area contributed by atoms with Gasteiger partial charge in [-0.25, -0.2) is 9.97 Å². The fourth-order valence-electron chi connectivity index (χ4n) is 9.18.